The van der Waals surface area contributed by atoms with Crippen molar-refractivity contribution < 1.29 is 8.42 Å². The summed E-state index contributed by atoms with van der Waals surface area (Å²) in [5.74, 6) is 0.916. The number of alkyl halides is 1. The summed E-state index contributed by atoms with van der Waals surface area (Å²) in [6.45, 7) is 1.07. The van der Waals surface area contributed by atoms with Crippen LogP contribution < -0.4 is 0 Å². The van der Waals surface area contributed by atoms with E-state index in [4.69, 9.17) is 23.2 Å². The highest BCUT2D eigenvalue weighted by Gasteiger charge is 2.33. The van der Waals surface area contributed by atoms with Gasteiger partial charge in [0.25, 0.3) is 0 Å². The monoisotopic (exact) mass is 385 g/mol. The SMILES string of the molecule is O=S(=O)(c1ccc(Br)cc1Cl)N1CCC(CCCl)C1. The molecule has 0 radical (unpaired) electrons. The van der Waals surface area contributed by atoms with Crippen LogP contribution in [0.5, 0.6) is 0 Å². The van der Waals surface area contributed by atoms with E-state index in [1.807, 2.05) is 0 Å². The second kappa shape index (κ2) is 6.31. The molecule has 0 amide bonds. The van der Waals surface area contributed by atoms with Crippen molar-refractivity contribution in [3.8, 4) is 0 Å². The lowest BCUT2D eigenvalue weighted by Crippen LogP contribution is -2.29. The van der Waals surface area contributed by atoms with Gasteiger partial charge in [0.1, 0.15) is 4.90 Å². The Morgan fingerprint density at radius 3 is 2.79 bits per heavy atom. The van der Waals surface area contributed by atoms with E-state index >= 15 is 0 Å². The second-order valence-electron chi connectivity index (χ2n) is 4.57. The Morgan fingerprint density at radius 2 is 2.16 bits per heavy atom. The molecule has 0 saturated carbocycles. The summed E-state index contributed by atoms with van der Waals surface area (Å²) in [7, 11) is -3.50. The molecule has 1 saturated heterocycles. The van der Waals surface area contributed by atoms with E-state index in [-0.39, 0.29) is 9.92 Å². The van der Waals surface area contributed by atoms with Gasteiger partial charge in [-0.05, 0) is 37.0 Å². The van der Waals surface area contributed by atoms with E-state index in [0.29, 0.717) is 24.9 Å². The smallest absolute Gasteiger partial charge is 0.207 e. The van der Waals surface area contributed by atoms with Gasteiger partial charge in [0.15, 0.2) is 0 Å². The Balaban J connectivity index is 2.23. The lowest BCUT2D eigenvalue weighted by molar-refractivity contribution is 0.453. The molecule has 0 bridgehead atoms. The van der Waals surface area contributed by atoms with Crippen molar-refractivity contribution in [2.45, 2.75) is 17.7 Å². The summed E-state index contributed by atoms with van der Waals surface area (Å²) < 4.78 is 27.3. The van der Waals surface area contributed by atoms with Crippen LogP contribution in [0.25, 0.3) is 0 Å². The maximum absolute atomic E-state index is 12.5. The molecule has 3 nitrogen and oxygen atoms in total. The maximum Gasteiger partial charge on any atom is 0.244 e. The van der Waals surface area contributed by atoms with Crippen molar-refractivity contribution in [2.75, 3.05) is 19.0 Å². The molecule has 106 valence electrons. The fraction of sp³-hybridized carbons (Fsp3) is 0.500. The van der Waals surface area contributed by atoms with Gasteiger partial charge in [-0.2, -0.15) is 4.31 Å². The summed E-state index contributed by atoms with van der Waals surface area (Å²) in [5, 5.41) is 0.246. The lowest BCUT2D eigenvalue weighted by Gasteiger charge is -2.17. The average molecular weight is 387 g/mol. The Bertz CT molecular complexity index is 565. The molecule has 1 unspecified atom stereocenters. The van der Waals surface area contributed by atoms with Gasteiger partial charge in [0, 0.05) is 23.4 Å². The first-order valence-electron chi connectivity index (χ1n) is 5.96. The van der Waals surface area contributed by atoms with Crippen LogP contribution in [0, 0.1) is 5.92 Å². The first kappa shape index (κ1) is 15.6. The first-order chi connectivity index (χ1) is 8.95. The molecule has 2 rings (SSSR count). The largest absolute Gasteiger partial charge is 0.244 e. The van der Waals surface area contributed by atoms with Gasteiger partial charge in [0.2, 0.25) is 10.0 Å². The molecular formula is C12H14BrCl2NO2S. The zero-order chi connectivity index (χ0) is 14.0. The van der Waals surface area contributed by atoms with Gasteiger partial charge in [-0.1, -0.05) is 27.5 Å². The van der Waals surface area contributed by atoms with Gasteiger partial charge in [-0.3, -0.25) is 0 Å². The molecule has 19 heavy (non-hydrogen) atoms. The van der Waals surface area contributed by atoms with Crippen LogP contribution in [-0.2, 0) is 10.0 Å². The average Bonchev–Trinajstić information content (AvgIpc) is 2.78. The molecule has 0 aromatic heterocycles. The van der Waals surface area contributed by atoms with Gasteiger partial charge in [-0.25, -0.2) is 8.42 Å². The van der Waals surface area contributed by atoms with Crippen molar-refractivity contribution in [3.05, 3.63) is 27.7 Å². The fourth-order valence-corrected chi connectivity index (χ4v) is 5.08. The summed E-state index contributed by atoms with van der Waals surface area (Å²) in [4.78, 5) is 0.170. The zero-order valence-corrected chi connectivity index (χ0v) is 14.1. The van der Waals surface area contributed by atoms with Crippen molar-refractivity contribution in [3.63, 3.8) is 0 Å². The number of halogens is 3. The predicted molar refractivity (Wildman–Crippen MR) is 81.4 cm³/mol. The molecule has 0 aliphatic carbocycles. The van der Waals surface area contributed by atoms with E-state index < -0.39 is 10.0 Å². The van der Waals surface area contributed by atoms with E-state index in [1.165, 1.54) is 10.4 Å². The van der Waals surface area contributed by atoms with E-state index in [0.717, 1.165) is 17.3 Å². The van der Waals surface area contributed by atoms with Gasteiger partial charge in [0.05, 0.1) is 5.02 Å². The lowest BCUT2D eigenvalue weighted by atomic mass is 10.1. The molecule has 1 aromatic rings. The number of nitrogens with zero attached hydrogens (tertiary/aromatic N) is 1. The molecule has 1 fully saturated rings. The molecule has 1 atom stereocenters. The molecular weight excluding hydrogens is 373 g/mol. The number of rotatable bonds is 4. The predicted octanol–water partition coefficient (Wildman–Crippen LogP) is 3.74. The van der Waals surface area contributed by atoms with Crippen LogP contribution in [-0.4, -0.2) is 31.7 Å². The minimum absolute atomic E-state index is 0.170. The molecule has 1 aliphatic heterocycles. The Kier molecular flexibility index (Phi) is 5.17. The molecule has 0 spiro atoms. The van der Waals surface area contributed by atoms with Crippen LogP contribution in [0.1, 0.15) is 12.8 Å². The fourth-order valence-electron chi connectivity index (χ4n) is 2.23. The summed E-state index contributed by atoms with van der Waals surface area (Å²) in [6, 6.07) is 4.82. The highest BCUT2D eigenvalue weighted by atomic mass is 79.9. The highest BCUT2D eigenvalue weighted by molar-refractivity contribution is 9.10. The topological polar surface area (TPSA) is 37.4 Å². The third-order valence-electron chi connectivity index (χ3n) is 3.28. The van der Waals surface area contributed by atoms with Crippen LogP contribution in [0.4, 0.5) is 0 Å². The number of hydrogen-bond donors (Lipinski definition) is 0. The number of hydrogen-bond acceptors (Lipinski definition) is 2. The zero-order valence-electron chi connectivity index (χ0n) is 10.2. The highest BCUT2D eigenvalue weighted by Crippen LogP contribution is 2.31. The normalized spacial score (nSPS) is 20.9. The third kappa shape index (κ3) is 3.45. The second-order valence-corrected chi connectivity index (χ2v) is 8.18. The van der Waals surface area contributed by atoms with Crippen LogP contribution in [0.2, 0.25) is 5.02 Å². The summed E-state index contributed by atoms with van der Waals surface area (Å²) >= 11 is 15.0. The van der Waals surface area contributed by atoms with E-state index in [9.17, 15) is 8.42 Å². The Hall–Kier alpha value is 0.190. The van der Waals surface area contributed by atoms with Crippen LogP contribution >= 0.6 is 39.1 Å². The van der Waals surface area contributed by atoms with Gasteiger partial charge < -0.3 is 0 Å². The first-order valence-corrected chi connectivity index (χ1v) is 9.11. The van der Waals surface area contributed by atoms with Gasteiger partial charge >= 0.3 is 0 Å². The molecule has 1 heterocycles. The molecule has 1 aromatic carbocycles. The quantitative estimate of drug-likeness (QED) is 0.739. The van der Waals surface area contributed by atoms with Crippen molar-refractivity contribution in [1.82, 2.24) is 4.31 Å². The van der Waals surface area contributed by atoms with Gasteiger partial charge in [-0.15, -0.1) is 11.6 Å². The summed E-state index contributed by atoms with van der Waals surface area (Å²) in [6.07, 6.45) is 1.71. The standard InChI is InChI=1S/C12H14BrCl2NO2S/c13-10-1-2-12(11(15)7-10)19(17,18)16-6-4-9(8-16)3-5-14/h1-2,7,9H,3-6,8H2. The van der Waals surface area contributed by atoms with Crippen LogP contribution in [0.3, 0.4) is 0 Å². The maximum atomic E-state index is 12.5. The number of sulfonamides is 1. The van der Waals surface area contributed by atoms with Crippen molar-refractivity contribution >= 4 is 49.2 Å². The van der Waals surface area contributed by atoms with Crippen molar-refractivity contribution in [2.24, 2.45) is 5.92 Å². The van der Waals surface area contributed by atoms with E-state index in [1.54, 1.807) is 12.1 Å². The minimum atomic E-state index is -3.50. The van der Waals surface area contributed by atoms with Crippen molar-refractivity contribution in [1.29, 1.82) is 0 Å². The van der Waals surface area contributed by atoms with E-state index in [2.05, 4.69) is 15.9 Å². The minimum Gasteiger partial charge on any atom is -0.207 e. The Labute approximate surface area is 132 Å². The molecule has 0 N–H and O–H groups in total. The molecule has 1 aliphatic rings. The Morgan fingerprint density at radius 1 is 1.42 bits per heavy atom. The third-order valence-corrected chi connectivity index (χ3v) is 6.34. The van der Waals surface area contributed by atoms with Crippen LogP contribution in [0.15, 0.2) is 27.6 Å². The number of benzene rings is 1. The summed E-state index contributed by atoms with van der Waals surface area (Å²) in [5.41, 5.74) is 0. The molecule has 7 heteroatoms.